The highest BCUT2D eigenvalue weighted by molar-refractivity contribution is 5.44. The van der Waals surface area contributed by atoms with Crippen LogP contribution in [0.25, 0.3) is 0 Å². The van der Waals surface area contributed by atoms with E-state index in [1.54, 1.807) is 17.3 Å². The molecule has 20 heavy (non-hydrogen) atoms. The van der Waals surface area contributed by atoms with Crippen molar-refractivity contribution in [1.29, 1.82) is 0 Å². The second kappa shape index (κ2) is 5.61. The Hall–Kier alpha value is -2.56. The first-order valence-electron chi connectivity index (χ1n) is 6.50. The molecule has 0 atom stereocenters. The number of hydrogen-bond acceptors (Lipinski definition) is 4. The van der Waals surface area contributed by atoms with Crippen LogP contribution in [0.4, 0.5) is 5.69 Å². The van der Waals surface area contributed by atoms with E-state index in [2.05, 4.69) is 39.7 Å². The predicted octanol–water partition coefficient (Wildman–Crippen LogP) is 2.84. The molecular weight excluding hydrogens is 252 g/mol. The normalized spacial score (nSPS) is 10.7. The van der Waals surface area contributed by atoms with Crippen molar-refractivity contribution < 1.29 is 4.42 Å². The summed E-state index contributed by atoms with van der Waals surface area (Å²) >= 11 is 0. The van der Waals surface area contributed by atoms with Crippen molar-refractivity contribution in [2.75, 3.05) is 5.32 Å². The molecule has 0 bridgehead atoms. The highest BCUT2D eigenvalue weighted by Gasteiger charge is 2.00. The van der Waals surface area contributed by atoms with E-state index in [0.717, 1.165) is 23.8 Å². The van der Waals surface area contributed by atoms with Crippen LogP contribution in [0.2, 0.25) is 0 Å². The van der Waals surface area contributed by atoms with Crippen LogP contribution in [0.3, 0.4) is 0 Å². The zero-order chi connectivity index (χ0) is 13.8. The molecule has 0 aliphatic rings. The standard InChI is InChI=1S/C15H16N4O/c1-12-2-7-15(20-12)8-17-14-5-3-13(4-6-14)9-19-11-16-10-18-19/h2-7,10-11,17H,8-9H2,1H3. The average Bonchev–Trinajstić information content (AvgIpc) is 3.10. The number of nitrogens with zero attached hydrogens (tertiary/aromatic N) is 3. The van der Waals surface area contributed by atoms with Crippen molar-refractivity contribution in [2.45, 2.75) is 20.0 Å². The maximum Gasteiger partial charge on any atom is 0.137 e. The fourth-order valence-electron chi connectivity index (χ4n) is 2.00. The van der Waals surface area contributed by atoms with Crippen LogP contribution in [0.5, 0.6) is 0 Å². The number of furan rings is 1. The van der Waals surface area contributed by atoms with Gasteiger partial charge < -0.3 is 9.73 Å². The molecule has 5 heteroatoms. The summed E-state index contributed by atoms with van der Waals surface area (Å²) in [6.07, 6.45) is 3.26. The number of aromatic nitrogens is 3. The molecule has 102 valence electrons. The lowest BCUT2D eigenvalue weighted by Gasteiger charge is -2.06. The molecule has 0 unspecified atom stereocenters. The molecule has 5 nitrogen and oxygen atoms in total. The summed E-state index contributed by atoms with van der Waals surface area (Å²) in [6.45, 7) is 3.37. The highest BCUT2D eigenvalue weighted by atomic mass is 16.3. The summed E-state index contributed by atoms with van der Waals surface area (Å²) in [5.74, 6) is 1.87. The van der Waals surface area contributed by atoms with Crippen LogP contribution in [-0.2, 0) is 13.1 Å². The minimum atomic E-state index is 0.691. The predicted molar refractivity (Wildman–Crippen MR) is 76.3 cm³/mol. The fourth-order valence-corrected chi connectivity index (χ4v) is 2.00. The van der Waals surface area contributed by atoms with E-state index >= 15 is 0 Å². The lowest BCUT2D eigenvalue weighted by molar-refractivity contribution is 0.490. The number of benzene rings is 1. The maximum atomic E-state index is 5.52. The van der Waals surface area contributed by atoms with Crippen LogP contribution in [0.15, 0.2) is 53.5 Å². The molecule has 0 aliphatic carbocycles. The van der Waals surface area contributed by atoms with E-state index in [-0.39, 0.29) is 0 Å². The first kappa shape index (κ1) is 12.5. The minimum Gasteiger partial charge on any atom is -0.465 e. The van der Waals surface area contributed by atoms with Gasteiger partial charge in [-0.2, -0.15) is 5.10 Å². The summed E-state index contributed by atoms with van der Waals surface area (Å²) in [6, 6.07) is 12.2. The van der Waals surface area contributed by atoms with Gasteiger partial charge in [-0.1, -0.05) is 12.1 Å². The van der Waals surface area contributed by atoms with Crippen molar-refractivity contribution in [1.82, 2.24) is 14.8 Å². The summed E-state index contributed by atoms with van der Waals surface area (Å²) in [4.78, 5) is 3.93. The van der Waals surface area contributed by atoms with E-state index in [4.69, 9.17) is 4.42 Å². The fraction of sp³-hybridized carbons (Fsp3) is 0.200. The Morgan fingerprint density at radius 3 is 2.65 bits per heavy atom. The third-order valence-corrected chi connectivity index (χ3v) is 3.03. The summed E-state index contributed by atoms with van der Waals surface area (Å²) in [7, 11) is 0. The van der Waals surface area contributed by atoms with Gasteiger partial charge in [0.2, 0.25) is 0 Å². The van der Waals surface area contributed by atoms with E-state index in [0.29, 0.717) is 6.54 Å². The van der Waals surface area contributed by atoms with Crippen LogP contribution in [0.1, 0.15) is 17.1 Å². The SMILES string of the molecule is Cc1ccc(CNc2ccc(Cn3cncn3)cc2)o1. The Morgan fingerprint density at radius 1 is 1.15 bits per heavy atom. The number of rotatable bonds is 5. The van der Waals surface area contributed by atoms with E-state index in [1.807, 2.05) is 19.1 Å². The molecule has 1 aromatic carbocycles. The van der Waals surface area contributed by atoms with Gasteiger partial charge in [0.15, 0.2) is 0 Å². The topological polar surface area (TPSA) is 55.9 Å². The Balaban J connectivity index is 1.58. The van der Waals surface area contributed by atoms with Crippen molar-refractivity contribution in [2.24, 2.45) is 0 Å². The molecule has 0 saturated heterocycles. The zero-order valence-corrected chi connectivity index (χ0v) is 11.3. The quantitative estimate of drug-likeness (QED) is 0.773. The molecule has 0 saturated carbocycles. The van der Waals surface area contributed by atoms with Crippen molar-refractivity contribution >= 4 is 5.69 Å². The Morgan fingerprint density at radius 2 is 2.00 bits per heavy atom. The van der Waals surface area contributed by atoms with Gasteiger partial charge in [-0.05, 0) is 36.8 Å². The van der Waals surface area contributed by atoms with Gasteiger partial charge in [0.1, 0.15) is 24.2 Å². The van der Waals surface area contributed by atoms with Gasteiger partial charge in [0.25, 0.3) is 0 Å². The molecule has 0 aliphatic heterocycles. The second-order valence-electron chi connectivity index (χ2n) is 4.66. The summed E-state index contributed by atoms with van der Waals surface area (Å²) in [5.41, 5.74) is 2.26. The maximum absolute atomic E-state index is 5.52. The van der Waals surface area contributed by atoms with Crippen molar-refractivity contribution in [3.63, 3.8) is 0 Å². The number of aryl methyl sites for hydroxylation is 1. The van der Waals surface area contributed by atoms with Crippen molar-refractivity contribution in [3.8, 4) is 0 Å². The van der Waals surface area contributed by atoms with Gasteiger partial charge in [-0.3, -0.25) is 0 Å². The Bertz CT molecular complexity index is 656. The Labute approximate surface area is 117 Å². The van der Waals surface area contributed by atoms with Crippen LogP contribution in [-0.4, -0.2) is 14.8 Å². The molecule has 3 rings (SSSR count). The van der Waals surface area contributed by atoms with Crippen LogP contribution in [0, 0.1) is 6.92 Å². The molecule has 0 fully saturated rings. The zero-order valence-electron chi connectivity index (χ0n) is 11.3. The average molecular weight is 268 g/mol. The molecule has 0 spiro atoms. The smallest absolute Gasteiger partial charge is 0.137 e. The number of hydrogen-bond donors (Lipinski definition) is 1. The first-order chi connectivity index (χ1) is 9.79. The first-order valence-corrected chi connectivity index (χ1v) is 6.50. The van der Waals surface area contributed by atoms with Gasteiger partial charge in [-0.15, -0.1) is 0 Å². The lowest BCUT2D eigenvalue weighted by atomic mass is 10.2. The Kier molecular flexibility index (Phi) is 3.50. The van der Waals surface area contributed by atoms with Gasteiger partial charge in [0, 0.05) is 5.69 Å². The van der Waals surface area contributed by atoms with E-state index < -0.39 is 0 Å². The molecule has 2 heterocycles. The number of anilines is 1. The molecule has 2 aromatic heterocycles. The lowest BCUT2D eigenvalue weighted by Crippen LogP contribution is -2.01. The third-order valence-electron chi connectivity index (χ3n) is 3.03. The van der Waals surface area contributed by atoms with E-state index in [9.17, 15) is 0 Å². The largest absolute Gasteiger partial charge is 0.465 e. The summed E-state index contributed by atoms with van der Waals surface area (Å²) in [5, 5.41) is 7.42. The highest BCUT2D eigenvalue weighted by Crippen LogP contribution is 2.13. The van der Waals surface area contributed by atoms with Crippen LogP contribution < -0.4 is 5.32 Å². The van der Waals surface area contributed by atoms with Gasteiger partial charge >= 0.3 is 0 Å². The summed E-state index contributed by atoms with van der Waals surface area (Å²) < 4.78 is 7.32. The molecular formula is C15H16N4O. The van der Waals surface area contributed by atoms with Gasteiger partial charge in [-0.25, -0.2) is 9.67 Å². The molecule has 0 radical (unpaired) electrons. The minimum absolute atomic E-state index is 0.691. The molecule has 3 aromatic rings. The third kappa shape index (κ3) is 3.06. The van der Waals surface area contributed by atoms with Crippen molar-refractivity contribution in [3.05, 3.63) is 66.1 Å². The van der Waals surface area contributed by atoms with E-state index in [1.165, 1.54) is 5.56 Å². The molecule has 1 N–H and O–H groups in total. The van der Waals surface area contributed by atoms with Gasteiger partial charge in [0.05, 0.1) is 13.1 Å². The van der Waals surface area contributed by atoms with Crippen LogP contribution >= 0.6 is 0 Å². The monoisotopic (exact) mass is 268 g/mol. The second-order valence-corrected chi connectivity index (χ2v) is 4.66. The number of nitrogens with one attached hydrogen (secondary N) is 1. The molecule has 0 amide bonds.